The Morgan fingerprint density at radius 3 is 2.46 bits per heavy atom. The van der Waals surface area contributed by atoms with Crippen molar-refractivity contribution in [2.45, 2.75) is 64.0 Å². The number of aromatic nitrogens is 1. The van der Waals surface area contributed by atoms with E-state index < -0.39 is 45.9 Å². The van der Waals surface area contributed by atoms with Gasteiger partial charge in [0.05, 0.1) is 34.7 Å². The zero-order valence-corrected chi connectivity index (χ0v) is 26.8. The second-order valence-electron chi connectivity index (χ2n) is 11.7. The summed E-state index contributed by atoms with van der Waals surface area (Å²) in [5, 5.41) is 18.4. The number of carbonyl (C=O) groups excluding carboxylic acids is 1. The fourth-order valence-electron chi connectivity index (χ4n) is 6.06. The standard InChI is InChI=1S/C34H39F3N4O4S/c1-4-23-21-41-14-15-46(44,45)40(3)30-19-25(18-27(23)32(30)41)33(43)39-29(16-22-10-7-6-8-11-22)31(42)20-38-28(5-2)24-12-9-13-26(17-24)34(35,36)37/h6-13,17-19,21,28-29,31,38,42H,4-5,14-16,20H2,1-3H3,(H,39,43)/t28-,29+,31-/m1/s1. The molecule has 4 aromatic rings. The van der Waals surface area contributed by atoms with Crippen molar-refractivity contribution in [2.75, 3.05) is 23.7 Å². The smallest absolute Gasteiger partial charge is 0.390 e. The van der Waals surface area contributed by atoms with Crippen molar-refractivity contribution in [2.24, 2.45) is 0 Å². The van der Waals surface area contributed by atoms with E-state index >= 15 is 0 Å². The predicted molar refractivity (Wildman–Crippen MR) is 173 cm³/mol. The molecule has 0 aliphatic carbocycles. The summed E-state index contributed by atoms with van der Waals surface area (Å²) >= 11 is 0. The summed E-state index contributed by atoms with van der Waals surface area (Å²) in [7, 11) is -2.11. The number of nitrogens with zero attached hydrogens (tertiary/aromatic N) is 2. The Morgan fingerprint density at radius 1 is 1.04 bits per heavy atom. The molecule has 1 aliphatic heterocycles. The van der Waals surface area contributed by atoms with Crippen LogP contribution in [0.2, 0.25) is 0 Å². The molecule has 46 heavy (non-hydrogen) atoms. The first-order chi connectivity index (χ1) is 21.8. The molecule has 0 fully saturated rings. The monoisotopic (exact) mass is 656 g/mol. The normalized spacial score (nSPS) is 16.5. The Kier molecular flexibility index (Phi) is 9.81. The van der Waals surface area contributed by atoms with Gasteiger partial charge in [-0.05, 0) is 60.2 Å². The van der Waals surface area contributed by atoms with E-state index in [1.165, 1.54) is 17.4 Å². The van der Waals surface area contributed by atoms with Gasteiger partial charge in [0.2, 0.25) is 10.0 Å². The number of nitrogens with one attached hydrogen (secondary N) is 2. The number of aliphatic hydroxyl groups excluding tert-OH is 1. The van der Waals surface area contributed by atoms with Crippen LogP contribution >= 0.6 is 0 Å². The van der Waals surface area contributed by atoms with Crippen LogP contribution in [0.1, 0.15) is 58.9 Å². The molecule has 246 valence electrons. The molecular weight excluding hydrogens is 617 g/mol. The van der Waals surface area contributed by atoms with Gasteiger partial charge in [-0.25, -0.2) is 8.42 Å². The number of benzene rings is 3. The molecule has 0 unspecified atom stereocenters. The van der Waals surface area contributed by atoms with Crippen LogP contribution in [0.3, 0.4) is 0 Å². The predicted octanol–water partition coefficient (Wildman–Crippen LogP) is 5.45. The Bertz CT molecular complexity index is 1810. The van der Waals surface area contributed by atoms with Crippen molar-refractivity contribution >= 4 is 32.5 Å². The van der Waals surface area contributed by atoms with Gasteiger partial charge in [-0.1, -0.05) is 56.3 Å². The lowest BCUT2D eigenvalue weighted by Gasteiger charge is -2.27. The highest BCUT2D eigenvalue weighted by atomic mass is 32.2. The third-order valence-electron chi connectivity index (χ3n) is 8.70. The molecule has 0 radical (unpaired) electrons. The number of amides is 1. The first-order valence-electron chi connectivity index (χ1n) is 15.4. The second kappa shape index (κ2) is 13.5. The molecule has 1 aliphatic rings. The Morgan fingerprint density at radius 2 is 1.78 bits per heavy atom. The maximum absolute atomic E-state index is 13.9. The summed E-state index contributed by atoms with van der Waals surface area (Å²) in [5.74, 6) is -0.544. The van der Waals surface area contributed by atoms with Crippen LogP contribution in [-0.4, -0.2) is 55.5 Å². The number of carbonyl (C=O) groups is 1. The minimum Gasteiger partial charge on any atom is -0.390 e. The lowest BCUT2D eigenvalue weighted by Crippen LogP contribution is -2.49. The van der Waals surface area contributed by atoms with Gasteiger partial charge in [-0.2, -0.15) is 13.2 Å². The quantitative estimate of drug-likeness (QED) is 0.200. The molecule has 3 aromatic carbocycles. The summed E-state index contributed by atoms with van der Waals surface area (Å²) in [6.45, 7) is 4.15. The summed E-state index contributed by atoms with van der Waals surface area (Å²) in [4.78, 5) is 13.9. The van der Waals surface area contributed by atoms with Gasteiger partial charge in [-0.15, -0.1) is 0 Å². The molecule has 0 saturated carbocycles. The molecule has 3 N–H and O–H groups in total. The zero-order valence-electron chi connectivity index (χ0n) is 26.0. The number of rotatable bonds is 11. The van der Waals surface area contributed by atoms with E-state index in [2.05, 4.69) is 10.6 Å². The van der Waals surface area contributed by atoms with E-state index in [-0.39, 0.29) is 24.3 Å². The minimum atomic E-state index is -4.47. The van der Waals surface area contributed by atoms with Crippen molar-refractivity contribution in [3.8, 4) is 0 Å². The highest BCUT2D eigenvalue weighted by Gasteiger charge is 2.32. The second-order valence-corrected chi connectivity index (χ2v) is 13.8. The SMILES string of the molecule is CCc1cn2c3c(cc(C(=O)N[C@@H](Cc4ccccc4)[C@H](O)CN[C@H](CC)c4cccc(C(F)(F)F)c4)cc13)N(C)S(=O)(=O)CC2. The van der Waals surface area contributed by atoms with Gasteiger partial charge < -0.3 is 20.3 Å². The fourth-order valence-corrected chi connectivity index (χ4v) is 7.20. The maximum Gasteiger partial charge on any atom is 0.416 e. The molecule has 1 aromatic heterocycles. The first-order valence-corrected chi connectivity index (χ1v) is 17.0. The van der Waals surface area contributed by atoms with Crippen molar-refractivity contribution in [3.63, 3.8) is 0 Å². The molecule has 0 spiro atoms. The summed E-state index contributed by atoms with van der Waals surface area (Å²) in [5.41, 5.74) is 2.98. The van der Waals surface area contributed by atoms with Crippen LogP contribution in [-0.2, 0) is 35.6 Å². The van der Waals surface area contributed by atoms with E-state index in [1.54, 1.807) is 18.2 Å². The molecule has 1 amide bonds. The van der Waals surface area contributed by atoms with E-state index in [0.717, 1.165) is 34.2 Å². The molecule has 0 saturated heterocycles. The Labute approximate surface area is 267 Å². The van der Waals surface area contributed by atoms with Crippen molar-refractivity contribution in [1.82, 2.24) is 15.2 Å². The topological polar surface area (TPSA) is 104 Å². The number of anilines is 1. The van der Waals surface area contributed by atoms with E-state index in [1.807, 2.05) is 54.9 Å². The van der Waals surface area contributed by atoms with E-state index in [9.17, 15) is 31.5 Å². The minimum absolute atomic E-state index is 0.000627. The number of halogens is 3. The number of sulfonamides is 1. The number of aryl methyl sites for hydroxylation is 2. The van der Waals surface area contributed by atoms with Crippen molar-refractivity contribution in [3.05, 3.63) is 101 Å². The van der Waals surface area contributed by atoms with Gasteiger partial charge >= 0.3 is 6.18 Å². The largest absolute Gasteiger partial charge is 0.416 e. The van der Waals surface area contributed by atoms with E-state index in [0.29, 0.717) is 30.6 Å². The lowest BCUT2D eigenvalue weighted by atomic mass is 9.98. The van der Waals surface area contributed by atoms with Crippen LogP contribution in [0.4, 0.5) is 18.9 Å². The third-order valence-corrected chi connectivity index (χ3v) is 10.4. The molecule has 8 nitrogen and oxygen atoms in total. The number of alkyl halides is 3. The number of aliphatic hydroxyl groups is 1. The molecular formula is C34H39F3N4O4S. The zero-order chi connectivity index (χ0) is 33.2. The summed E-state index contributed by atoms with van der Waals surface area (Å²) in [6, 6.07) is 16.6. The fraction of sp³-hybridized carbons (Fsp3) is 0.382. The van der Waals surface area contributed by atoms with Crippen LogP contribution in [0.5, 0.6) is 0 Å². The average molecular weight is 657 g/mol. The Hall–Kier alpha value is -3.87. The average Bonchev–Trinajstić information content (AvgIpc) is 3.36. The van der Waals surface area contributed by atoms with Crippen LogP contribution in [0, 0.1) is 0 Å². The highest BCUT2D eigenvalue weighted by Crippen LogP contribution is 2.36. The number of hydrogen-bond donors (Lipinski definition) is 3. The third kappa shape index (κ3) is 7.08. The Balaban J connectivity index is 1.42. The van der Waals surface area contributed by atoms with Gasteiger partial charge in [0, 0.05) is 43.3 Å². The van der Waals surface area contributed by atoms with Crippen LogP contribution in [0.15, 0.2) is 72.9 Å². The molecule has 3 atom stereocenters. The van der Waals surface area contributed by atoms with Gasteiger partial charge in [0.15, 0.2) is 0 Å². The van der Waals surface area contributed by atoms with Gasteiger partial charge in [0.25, 0.3) is 5.91 Å². The molecule has 0 bridgehead atoms. The van der Waals surface area contributed by atoms with Crippen LogP contribution in [0.25, 0.3) is 10.9 Å². The van der Waals surface area contributed by atoms with Crippen molar-refractivity contribution < 1.29 is 31.5 Å². The maximum atomic E-state index is 13.9. The highest BCUT2D eigenvalue weighted by molar-refractivity contribution is 7.92. The summed E-state index contributed by atoms with van der Waals surface area (Å²) in [6.07, 6.45) is -2.19. The van der Waals surface area contributed by atoms with Crippen LogP contribution < -0.4 is 14.9 Å². The first kappa shape index (κ1) is 33.5. The molecule has 5 rings (SSSR count). The number of hydrogen-bond acceptors (Lipinski definition) is 5. The lowest BCUT2D eigenvalue weighted by molar-refractivity contribution is -0.137. The summed E-state index contributed by atoms with van der Waals surface area (Å²) < 4.78 is 69.1. The molecule has 12 heteroatoms. The van der Waals surface area contributed by atoms with Gasteiger partial charge in [0.1, 0.15) is 0 Å². The van der Waals surface area contributed by atoms with Crippen molar-refractivity contribution in [1.29, 1.82) is 0 Å². The van der Waals surface area contributed by atoms with E-state index in [4.69, 9.17) is 0 Å². The van der Waals surface area contributed by atoms with Gasteiger partial charge in [-0.3, -0.25) is 9.10 Å². The molecule has 2 heterocycles.